The fourth-order valence-corrected chi connectivity index (χ4v) is 2.69. The first-order valence-corrected chi connectivity index (χ1v) is 4.99. The fraction of sp³-hybridized carbons (Fsp3) is 1.00. The van der Waals surface area contributed by atoms with Crippen molar-refractivity contribution in [2.75, 3.05) is 13.6 Å². The van der Waals surface area contributed by atoms with Crippen molar-refractivity contribution in [3.8, 4) is 0 Å². The van der Waals surface area contributed by atoms with E-state index >= 15 is 0 Å². The molecule has 0 aromatic carbocycles. The van der Waals surface area contributed by atoms with E-state index in [1.807, 2.05) is 7.05 Å². The van der Waals surface area contributed by atoms with Crippen LogP contribution in [0.15, 0.2) is 0 Å². The largest absolute Gasteiger partial charge is 0.479 e. The van der Waals surface area contributed by atoms with Gasteiger partial charge in [0.25, 0.3) is 0 Å². The van der Waals surface area contributed by atoms with E-state index in [0.717, 1.165) is 13.0 Å². The Labute approximate surface area is 64.5 Å². The normalized spacial score (nSPS) is 51.5. The molecule has 0 aromatic heterocycles. The molecule has 0 aromatic rings. The van der Waals surface area contributed by atoms with E-state index in [4.69, 9.17) is 13.9 Å². The van der Waals surface area contributed by atoms with Gasteiger partial charge in [0.1, 0.15) is 0 Å². The summed E-state index contributed by atoms with van der Waals surface area (Å²) in [6, 6.07) is 0. The van der Waals surface area contributed by atoms with Gasteiger partial charge >= 0.3 is 7.82 Å². The maximum absolute atomic E-state index is 10.7. The molecule has 1 N–H and O–H groups in total. The number of phosphoric acid groups is 1. The van der Waals surface area contributed by atoms with Gasteiger partial charge < -0.3 is 4.89 Å². The van der Waals surface area contributed by atoms with Gasteiger partial charge in [-0.2, -0.15) is 0 Å². The molecule has 2 fully saturated rings. The Bertz CT molecular complexity index is 221. The van der Waals surface area contributed by atoms with Crippen LogP contribution in [-0.2, 0) is 13.6 Å². The highest BCUT2D eigenvalue weighted by Gasteiger charge is 2.59. The summed E-state index contributed by atoms with van der Waals surface area (Å²) in [5.41, 5.74) is 0. The maximum atomic E-state index is 10.7. The minimum atomic E-state index is -3.66. The van der Waals surface area contributed by atoms with Crippen LogP contribution in [-0.4, -0.2) is 29.3 Å². The summed E-state index contributed by atoms with van der Waals surface area (Å²) in [6.45, 7) is 0.847. The zero-order valence-electron chi connectivity index (χ0n) is 6.19. The van der Waals surface area contributed by atoms with Crippen molar-refractivity contribution >= 4 is 7.82 Å². The minimum absolute atomic E-state index is 0.675. The van der Waals surface area contributed by atoms with Crippen LogP contribution >= 0.6 is 7.82 Å². The van der Waals surface area contributed by atoms with Gasteiger partial charge in [0.05, 0.1) is 0 Å². The lowest BCUT2D eigenvalue weighted by Gasteiger charge is -2.44. The number of hydrogen-bond acceptors (Lipinski definition) is 4. The highest BCUT2D eigenvalue weighted by Crippen LogP contribution is 2.64. The second-order valence-corrected chi connectivity index (χ2v) is 4.19. The molecule has 1 spiro atoms. The quantitative estimate of drug-likeness (QED) is 0.549. The summed E-state index contributed by atoms with van der Waals surface area (Å²) in [7, 11) is -1.85. The maximum Gasteiger partial charge on any atom is 0.479 e. The highest BCUT2D eigenvalue weighted by molar-refractivity contribution is 7.48. The molecule has 0 atom stereocenters. The van der Waals surface area contributed by atoms with Crippen LogP contribution < -0.4 is 0 Å². The molecule has 2 aliphatic heterocycles. The second kappa shape index (κ2) is 2.06. The van der Waals surface area contributed by atoms with Crippen LogP contribution in [0, 0.1) is 0 Å². The molecule has 2 rings (SSSR count). The number of hydrogen-bond donors (Lipinski definition) is 1. The number of phosphoric ester groups is 1. The van der Waals surface area contributed by atoms with Crippen LogP contribution in [0.25, 0.3) is 0 Å². The topological polar surface area (TPSA) is 59.0 Å². The summed E-state index contributed by atoms with van der Waals surface area (Å²) >= 11 is 0. The van der Waals surface area contributed by atoms with Gasteiger partial charge in [-0.15, -0.1) is 0 Å². The van der Waals surface area contributed by atoms with Gasteiger partial charge in [0.15, 0.2) is 0 Å². The van der Waals surface area contributed by atoms with E-state index in [1.165, 1.54) is 0 Å². The molecule has 6 heteroatoms. The third-order valence-electron chi connectivity index (χ3n) is 2.08. The van der Waals surface area contributed by atoms with Crippen molar-refractivity contribution in [1.29, 1.82) is 0 Å². The summed E-state index contributed by atoms with van der Waals surface area (Å²) in [6.07, 6.45) is 1.62. The molecule has 0 amide bonds. The average molecular weight is 179 g/mol. The molecule has 64 valence electrons. The van der Waals surface area contributed by atoms with Gasteiger partial charge in [-0.3, -0.25) is 4.90 Å². The number of likely N-dealkylation sites (tertiary alicyclic amines) is 1. The van der Waals surface area contributed by atoms with Crippen LogP contribution in [0.4, 0.5) is 0 Å². The molecular weight excluding hydrogens is 169 g/mol. The van der Waals surface area contributed by atoms with Gasteiger partial charge in [0.2, 0.25) is 5.91 Å². The van der Waals surface area contributed by atoms with Crippen molar-refractivity contribution < 1.29 is 18.5 Å². The molecule has 0 unspecified atom stereocenters. The van der Waals surface area contributed by atoms with Crippen molar-refractivity contribution in [1.82, 2.24) is 4.90 Å². The lowest BCUT2D eigenvalue weighted by atomic mass is 10.3. The second-order valence-electron chi connectivity index (χ2n) is 2.89. The molecule has 2 heterocycles. The molecule has 2 saturated heterocycles. The molecule has 0 saturated carbocycles. The fourth-order valence-electron chi connectivity index (χ4n) is 1.50. The van der Waals surface area contributed by atoms with E-state index < -0.39 is 13.7 Å². The lowest BCUT2D eigenvalue weighted by Crippen LogP contribution is -2.51. The molecular formula is C5H10NO4P. The number of nitrogens with zero attached hydrogens (tertiary/aromatic N) is 1. The van der Waals surface area contributed by atoms with Gasteiger partial charge in [-0.05, 0) is 13.5 Å². The van der Waals surface area contributed by atoms with E-state index in [1.54, 1.807) is 4.90 Å². The van der Waals surface area contributed by atoms with E-state index in [9.17, 15) is 4.57 Å². The minimum Gasteiger partial charge on any atom is -0.302 e. The molecule has 2 aliphatic rings. The van der Waals surface area contributed by atoms with Crippen molar-refractivity contribution in [2.45, 2.75) is 18.8 Å². The molecule has 0 aliphatic carbocycles. The standard InChI is InChI=1S/C5H10NO4P/c1-6-4-2-3-5(6)9-11(7,8)10-5/h2-4H2,1H3,(H,7,8). The molecule has 0 radical (unpaired) electrons. The SMILES string of the molecule is CN1CCCC12OP(=O)(O)O2. The Balaban J connectivity index is 2.11. The zero-order chi connectivity index (χ0) is 8.11. The van der Waals surface area contributed by atoms with Crippen LogP contribution in [0.5, 0.6) is 0 Å². The van der Waals surface area contributed by atoms with Crippen LogP contribution in [0.2, 0.25) is 0 Å². The third kappa shape index (κ3) is 1.04. The van der Waals surface area contributed by atoms with Gasteiger partial charge in [-0.1, -0.05) is 0 Å². The van der Waals surface area contributed by atoms with Gasteiger partial charge in [0, 0.05) is 13.0 Å². The summed E-state index contributed by atoms with van der Waals surface area (Å²) in [4.78, 5) is 10.5. The van der Waals surface area contributed by atoms with Crippen LogP contribution in [0.3, 0.4) is 0 Å². The first-order valence-electron chi connectivity index (χ1n) is 3.50. The summed E-state index contributed by atoms with van der Waals surface area (Å²) < 4.78 is 20.3. The Morgan fingerprint density at radius 1 is 1.64 bits per heavy atom. The molecule has 5 nitrogen and oxygen atoms in total. The van der Waals surface area contributed by atoms with E-state index in [2.05, 4.69) is 0 Å². The Morgan fingerprint density at radius 2 is 2.27 bits per heavy atom. The van der Waals surface area contributed by atoms with E-state index in [0.29, 0.717) is 6.42 Å². The first kappa shape index (κ1) is 7.71. The third-order valence-corrected chi connectivity index (χ3v) is 3.12. The summed E-state index contributed by atoms with van der Waals surface area (Å²) in [5.74, 6) is -0.871. The predicted octanol–water partition coefficient (Wildman–Crippen LogP) is 0.513. The Morgan fingerprint density at radius 3 is 2.64 bits per heavy atom. The summed E-state index contributed by atoms with van der Waals surface area (Å²) in [5, 5.41) is 0. The zero-order valence-corrected chi connectivity index (χ0v) is 7.08. The highest BCUT2D eigenvalue weighted by atomic mass is 31.2. The Hall–Kier alpha value is 0.0700. The molecule has 0 bridgehead atoms. The van der Waals surface area contributed by atoms with Crippen molar-refractivity contribution in [2.24, 2.45) is 0 Å². The van der Waals surface area contributed by atoms with Gasteiger partial charge in [-0.25, -0.2) is 13.6 Å². The van der Waals surface area contributed by atoms with E-state index in [-0.39, 0.29) is 0 Å². The van der Waals surface area contributed by atoms with Crippen LogP contribution in [0.1, 0.15) is 12.8 Å². The van der Waals surface area contributed by atoms with Crippen molar-refractivity contribution in [3.05, 3.63) is 0 Å². The average Bonchev–Trinajstić information content (AvgIpc) is 2.10. The Kier molecular flexibility index (Phi) is 1.44. The molecule has 11 heavy (non-hydrogen) atoms. The lowest BCUT2D eigenvalue weighted by molar-refractivity contribution is -0.279. The van der Waals surface area contributed by atoms with Crippen molar-refractivity contribution in [3.63, 3.8) is 0 Å². The monoisotopic (exact) mass is 179 g/mol. The number of rotatable bonds is 0. The first-order chi connectivity index (χ1) is 5.04. The smallest absolute Gasteiger partial charge is 0.302 e. The predicted molar refractivity (Wildman–Crippen MR) is 36.6 cm³/mol.